The lowest BCUT2D eigenvalue weighted by Crippen LogP contribution is -2.16. The molecule has 0 saturated carbocycles. The van der Waals surface area contributed by atoms with E-state index in [4.69, 9.17) is 9.47 Å². The number of rotatable bonds is 7. The van der Waals surface area contributed by atoms with Crippen molar-refractivity contribution in [1.29, 1.82) is 0 Å². The summed E-state index contributed by atoms with van der Waals surface area (Å²) in [6.07, 6.45) is 0.691. The molecule has 5 heteroatoms. The highest BCUT2D eigenvalue weighted by molar-refractivity contribution is 5.74. The summed E-state index contributed by atoms with van der Waals surface area (Å²) in [5.41, 5.74) is 0. The second-order valence-corrected chi connectivity index (χ2v) is 4.57. The Balaban J connectivity index is 2.29. The number of carbonyl (C=O) groups is 2. The average Bonchev–Trinajstić information content (AvgIpc) is 2.46. The van der Waals surface area contributed by atoms with Crippen LogP contribution in [-0.2, 0) is 14.3 Å². The number of hydrogen-bond donors (Lipinski definition) is 0. The molecule has 1 aromatic rings. The Morgan fingerprint density at radius 3 is 2.64 bits per heavy atom. The Hall–Kier alpha value is -2.35. The zero-order chi connectivity index (χ0) is 16.4. The van der Waals surface area contributed by atoms with Crippen molar-refractivity contribution in [2.75, 3.05) is 0 Å². The van der Waals surface area contributed by atoms with Crippen LogP contribution in [0.1, 0.15) is 39.5 Å². The van der Waals surface area contributed by atoms with Crippen LogP contribution in [0.3, 0.4) is 0 Å². The number of benzene rings is 1. The molecule has 22 heavy (non-hydrogen) atoms. The first-order chi connectivity index (χ1) is 10.5. The van der Waals surface area contributed by atoms with Gasteiger partial charge in [0.05, 0.1) is 0 Å². The molecule has 0 fully saturated rings. The number of hydrogen-bond acceptors (Lipinski definition) is 4. The molecule has 1 aromatic carbocycles. The Morgan fingerprint density at radius 1 is 1.27 bits per heavy atom. The topological polar surface area (TPSA) is 52.6 Å². The fraction of sp³-hybridized carbons (Fsp3) is 0.412. The van der Waals surface area contributed by atoms with E-state index in [1.54, 1.807) is 6.92 Å². The van der Waals surface area contributed by atoms with Crippen LogP contribution in [0, 0.1) is 17.7 Å². The van der Waals surface area contributed by atoms with E-state index in [1.807, 2.05) is 6.92 Å². The second kappa shape index (κ2) is 9.56. The maximum Gasteiger partial charge on any atom is 0.311 e. The van der Waals surface area contributed by atoms with Gasteiger partial charge in [-0.3, -0.25) is 9.59 Å². The van der Waals surface area contributed by atoms with E-state index < -0.39 is 23.9 Å². The molecule has 0 N–H and O–H groups in total. The summed E-state index contributed by atoms with van der Waals surface area (Å²) in [5, 5.41) is 0. The van der Waals surface area contributed by atoms with E-state index in [0.717, 1.165) is 6.07 Å². The summed E-state index contributed by atoms with van der Waals surface area (Å²) < 4.78 is 23.0. The third-order valence-electron chi connectivity index (χ3n) is 2.74. The summed E-state index contributed by atoms with van der Waals surface area (Å²) in [4.78, 5) is 23.1. The molecule has 1 rings (SSSR count). The first-order valence-corrected chi connectivity index (χ1v) is 7.13. The normalized spacial score (nSPS) is 11.0. The van der Waals surface area contributed by atoms with Crippen LogP contribution in [0.2, 0.25) is 0 Å². The lowest BCUT2D eigenvalue weighted by atomic mass is 10.2. The van der Waals surface area contributed by atoms with Gasteiger partial charge < -0.3 is 9.47 Å². The van der Waals surface area contributed by atoms with Crippen LogP contribution < -0.4 is 4.74 Å². The molecular weight excluding hydrogens is 287 g/mol. The van der Waals surface area contributed by atoms with Gasteiger partial charge in [0.1, 0.15) is 11.6 Å². The monoisotopic (exact) mass is 306 g/mol. The first-order valence-electron chi connectivity index (χ1n) is 7.13. The number of ether oxygens (including phenoxy) is 2. The predicted molar refractivity (Wildman–Crippen MR) is 79.5 cm³/mol. The SMILES string of the molecule is CC#CC(CC)OC(=O)CCCC(=O)Oc1cccc(F)c1. The average molecular weight is 306 g/mol. The molecule has 0 spiro atoms. The zero-order valence-electron chi connectivity index (χ0n) is 12.7. The van der Waals surface area contributed by atoms with Gasteiger partial charge in [-0.15, -0.1) is 5.92 Å². The molecule has 0 aliphatic heterocycles. The Labute approximate surface area is 129 Å². The highest BCUT2D eigenvalue weighted by Crippen LogP contribution is 2.13. The van der Waals surface area contributed by atoms with Crippen molar-refractivity contribution in [3.05, 3.63) is 30.1 Å². The molecule has 0 bridgehead atoms. The molecule has 1 unspecified atom stereocenters. The van der Waals surface area contributed by atoms with Crippen molar-refractivity contribution in [2.24, 2.45) is 0 Å². The second-order valence-electron chi connectivity index (χ2n) is 4.57. The van der Waals surface area contributed by atoms with E-state index in [2.05, 4.69) is 11.8 Å². The fourth-order valence-electron chi connectivity index (χ4n) is 1.68. The lowest BCUT2D eigenvalue weighted by Gasteiger charge is -2.10. The standard InChI is InChI=1S/C17H19FO4/c1-3-7-14(4-2)21-16(19)10-6-11-17(20)22-15-9-5-8-13(18)12-15/h5,8-9,12,14H,4,6,10-11H2,1-2H3. The van der Waals surface area contributed by atoms with Crippen LogP contribution in [-0.4, -0.2) is 18.0 Å². The maximum absolute atomic E-state index is 12.9. The fourth-order valence-corrected chi connectivity index (χ4v) is 1.68. The third kappa shape index (κ3) is 6.89. The minimum Gasteiger partial charge on any atom is -0.449 e. The van der Waals surface area contributed by atoms with Crippen LogP contribution >= 0.6 is 0 Å². The van der Waals surface area contributed by atoms with Crippen molar-refractivity contribution >= 4 is 11.9 Å². The van der Waals surface area contributed by atoms with Gasteiger partial charge >= 0.3 is 11.9 Å². The molecule has 0 heterocycles. The summed E-state index contributed by atoms with van der Waals surface area (Å²) in [6, 6.07) is 5.33. The van der Waals surface area contributed by atoms with Gasteiger partial charge in [-0.1, -0.05) is 18.9 Å². The molecule has 0 radical (unpaired) electrons. The van der Waals surface area contributed by atoms with Gasteiger partial charge in [-0.05, 0) is 31.9 Å². The van der Waals surface area contributed by atoms with E-state index >= 15 is 0 Å². The lowest BCUT2D eigenvalue weighted by molar-refractivity contribution is -0.146. The number of halogens is 1. The Kier molecular flexibility index (Phi) is 7.69. The summed E-state index contributed by atoms with van der Waals surface area (Å²) in [7, 11) is 0. The van der Waals surface area contributed by atoms with E-state index in [9.17, 15) is 14.0 Å². The van der Waals surface area contributed by atoms with Gasteiger partial charge in [-0.2, -0.15) is 0 Å². The largest absolute Gasteiger partial charge is 0.449 e. The van der Waals surface area contributed by atoms with Crippen molar-refractivity contribution in [1.82, 2.24) is 0 Å². The number of carbonyl (C=O) groups excluding carboxylic acids is 2. The summed E-state index contributed by atoms with van der Waals surface area (Å²) in [5.74, 6) is 4.24. The van der Waals surface area contributed by atoms with E-state index in [0.29, 0.717) is 12.8 Å². The van der Waals surface area contributed by atoms with Gasteiger partial charge in [0.2, 0.25) is 0 Å². The van der Waals surface area contributed by atoms with E-state index in [-0.39, 0.29) is 18.6 Å². The van der Waals surface area contributed by atoms with E-state index in [1.165, 1.54) is 18.2 Å². The smallest absolute Gasteiger partial charge is 0.311 e. The highest BCUT2D eigenvalue weighted by Gasteiger charge is 2.12. The van der Waals surface area contributed by atoms with Crippen LogP contribution in [0.4, 0.5) is 4.39 Å². The van der Waals surface area contributed by atoms with Gasteiger partial charge in [-0.25, -0.2) is 4.39 Å². The molecule has 118 valence electrons. The van der Waals surface area contributed by atoms with Crippen molar-refractivity contribution < 1.29 is 23.5 Å². The minimum absolute atomic E-state index is 0.0574. The molecule has 0 amide bonds. The maximum atomic E-state index is 12.9. The summed E-state index contributed by atoms with van der Waals surface area (Å²) in [6.45, 7) is 3.55. The molecule has 4 nitrogen and oxygen atoms in total. The molecular formula is C17H19FO4. The van der Waals surface area contributed by atoms with Crippen molar-refractivity contribution in [3.8, 4) is 17.6 Å². The molecule has 0 aliphatic carbocycles. The first kappa shape index (κ1) is 17.7. The third-order valence-corrected chi connectivity index (χ3v) is 2.74. The van der Waals surface area contributed by atoms with Gasteiger partial charge in [0, 0.05) is 18.9 Å². The van der Waals surface area contributed by atoms with Crippen LogP contribution in [0.5, 0.6) is 5.75 Å². The zero-order valence-corrected chi connectivity index (χ0v) is 12.7. The highest BCUT2D eigenvalue weighted by atomic mass is 19.1. The van der Waals surface area contributed by atoms with Gasteiger partial charge in [0.25, 0.3) is 0 Å². The minimum atomic E-state index is -0.515. The number of esters is 2. The molecule has 0 aromatic heterocycles. The van der Waals surface area contributed by atoms with Crippen LogP contribution in [0.25, 0.3) is 0 Å². The summed E-state index contributed by atoms with van der Waals surface area (Å²) >= 11 is 0. The molecule has 0 aliphatic rings. The van der Waals surface area contributed by atoms with Crippen molar-refractivity contribution in [2.45, 2.75) is 45.6 Å². The Bertz CT molecular complexity index is 572. The molecule has 0 saturated heterocycles. The van der Waals surface area contributed by atoms with Crippen molar-refractivity contribution in [3.63, 3.8) is 0 Å². The predicted octanol–water partition coefficient (Wildman–Crippen LogP) is 3.25. The quantitative estimate of drug-likeness (QED) is 0.441. The molecule has 1 atom stereocenters. The Morgan fingerprint density at radius 2 is 2.00 bits per heavy atom. The van der Waals surface area contributed by atoms with Gasteiger partial charge in [0.15, 0.2) is 6.10 Å². The van der Waals surface area contributed by atoms with Crippen LogP contribution in [0.15, 0.2) is 24.3 Å².